The number of anilines is 1. The van der Waals surface area contributed by atoms with Crippen LogP contribution in [0.2, 0.25) is 0 Å². The lowest BCUT2D eigenvalue weighted by Crippen LogP contribution is -2.73. The molecule has 2 aliphatic heterocycles. The summed E-state index contributed by atoms with van der Waals surface area (Å²) in [5.74, 6) is 0.352. The standard InChI is InChI=1S/C17H18N5O2/c1-10-7-11(2)21-16(20-10)22-9-17(24)13(22)8-19-15(17)14(23)12-5-3-4-6-18-12/h3-7,13,15,24H,8-9H2,1-2H3. The van der Waals surface area contributed by atoms with Gasteiger partial charge in [-0.25, -0.2) is 15.3 Å². The molecule has 2 saturated heterocycles. The summed E-state index contributed by atoms with van der Waals surface area (Å²) in [7, 11) is 0. The summed E-state index contributed by atoms with van der Waals surface area (Å²) in [6.07, 6.45) is 1.57. The molecule has 2 fully saturated rings. The zero-order chi connectivity index (χ0) is 16.9. The van der Waals surface area contributed by atoms with Crippen molar-refractivity contribution in [2.45, 2.75) is 31.5 Å². The Morgan fingerprint density at radius 3 is 2.71 bits per heavy atom. The lowest BCUT2D eigenvalue weighted by Gasteiger charge is -2.51. The molecule has 1 N–H and O–H groups in total. The highest BCUT2D eigenvalue weighted by molar-refractivity contribution is 6.00. The second kappa shape index (κ2) is 5.32. The van der Waals surface area contributed by atoms with Gasteiger partial charge in [-0.05, 0) is 32.0 Å². The molecule has 2 aromatic rings. The normalized spacial score (nSPS) is 28.4. The molecule has 0 aromatic carbocycles. The second-order valence-electron chi connectivity index (χ2n) is 6.43. The number of fused-ring (bicyclic) bond motifs is 1. The van der Waals surface area contributed by atoms with E-state index in [0.29, 0.717) is 24.7 Å². The molecule has 0 spiro atoms. The van der Waals surface area contributed by atoms with Crippen LogP contribution in [0.1, 0.15) is 21.9 Å². The fourth-order valence-electron chi connectivity index (χ4n) is 3.54. The molecule has 0 bridgehead atoms. The zero-order valence-corrected chi connectivity index (χ0v) is 13.5. The maximum atomic E-state index is 12.6. The first-order chi connectivity index (χ1) is 11.5. The van der Waals surface area contributed by atoms with Gasteiger partial charge < -0.3 is 10.0 Å². The summed E-state index contributed by atoms with van der Waals surface area (Å²) in [6.45, 7) is 4.51. The molecule has 0 amide bonds. The lowest BCUT2D eigenvalue weighted by atomic mass is 9.79. The van der Waals surface area contributed by atoms with Gasteiger partial charge in [-0.15, -0.1) is 0 Å². The first kappa shape index (κ1) is 15.2. The molecule has 123 valence electrons. The number of ketones is 1. The molecule has 2 aromatic heterocycles. The Hall–Kier alpha value is -2.38. The number of aromatic nitrogens is 3. The molecular weight excluding hydrogens is 306 g/mol. The predicted octanol–water partition coefficient (Wildman–Crippen LogP) is 0.278. The van der Waals surface area contributed by atoms with E-state index < -0.39 is 11.6 Å². The number of rotatable bonds is 3. The Labute approximate surface area is 139 Å². The Morgan fingerprint density at radius 2 is 2.04 bits per heavy atom. The minimum absolute atomic E-state index is 0.235. The Bertz CT molecular complexity index is 777. The quantitative estimate of drug-likeness (QED) is 0.815. The number of hydrogen-bond acceptors (Lipinski definition) is 6. The molecule has 7 heteroatoms. The molecule has 4 heterocycles. The molecule has 1 radical (unpaired) electrons. The van der Waals surface area contributed by atoms with Crippen LogP contribution in [0.15, 0.2) is 30.5 Å². The number of aryl methyl sites for hydroxylation is 2. The average Bonchev–Trinajstić information content (AvgIpc) is 2.79. The highest BCUT2D eigenvalue weighted by Gasteiger charge is 2.64. The largest absolute Gasteiger partial charge is 0.384 e. The molecule has 3 atom stereocenters. The van der Waals surface area contributed by atoms with Gasteiger partial charge in [0.05, 0.1) is 12.6 Å². The molecule has 7 nitrogen and oxygen atoms in total. The van der Waals surface area contributed by atoms with Crippen molar-refractivity contribution in [2.75, 3.05) is 18.0 Å². The van der Waals surface area contributed by atoms with Gasteiger partial charge in [-0.3, -0.25) is 9.78 Å². The van der Waals surface area contributed by atoms with E-state index in [1.807, 2.05) is 24.8 Å². The van der Waals surface area contributed by atoms with E-state index in [1.165, 1.54) is 0 Å². The van der Waals surface area contributed by atoms with E-state index in [2.05, 4.69) is 20.3 Å². The van der Waals surface area contributed by atoms with Gasteiger partial charge in [-0.1, -0.05) is 6.07 Å². The Morgan fingerprint density at radius 1 is 1.29 bits per heavy atom. The van der Waals surface area contributed by atoms with Crippen LogP contribution in [-0.4, -0.2) is 56.6 Å². The second-order valence-corrected chi connectivity index (χ2v) is 6.43. The third kappa shape index (κ3) is 2.20. The van der Waals surface area contributed by atoms with Crippen LogP contribution in [0.25, 0.3) is 0 Å². The molecule has 3 unspecified atom stereocenters. The lowest BCUT2D eigenvalue weighted by molar-refractivity contribution is -0.0213. The number of hydrogen-bond donors (Lipinski definition) is 1. The number of carbonyl (C=O) groups excluding carboxylic acids is 1. The van der Waals surface area contributed by atoms with Crippen LogP contribution >= 0.6 is 0 Å². The molecule has 4 rings (SSSR count). The molecular formula is C17H18N5O2. The van der Waals surface area contributed by atoms with E-state index in [1.54, 1.807) is 24.4 Å². The number of nitrogens with zero attached hydrogens (tertiary/aromatic N) is 5. The summed E-state index contributed by atoms with van der Waals surface area (Å²) >= 11 is 0. The van der Waals surface area contributed by atoms with Crippen LogP contribution < -0.4 is 10.2 Å². The van der Waals surface area contributed by atoms with Crippen molar-refractivity contribution >= 4 is 11.7 Å². The minimum atomic E-state index is -1.17. The number of β-amino-alcohol motifs (C(OH)–C–C–N with tert-alkyl or cyclic N) is 1. The smallest absolute Gasteiger partial charge is 0.226 e. The van der Waals surface area contributed by atoms with E-state index >= 15 is 0 Å². The third-order valence-electron chi connectivity index (χ3n) is 4.70. The maximum Gasteiger partial charge on any atom is 0.226 e. The Kier molecular flexibility index (Phi) is 3.36. The highest BCUT2D eigenvalue weighted by Crippen LogP contribution is 2.40. The number of carbonyl (C=O) groups is 1. The fourth-order valence-corrected chi connectivity index (χ4v) is 3.54. The van der Waals surface area contributed by atoms with Crippen molar-refractivity contribution in [1.29, 1.82) is 0 Å². The van der Waals surface area contributed by atoms with Crippen molar-refractivity contribution in [3.63, 3.8) is 0 Å². The minimum Gasteiger partial charge on any atom is -0.384 e. The summed E-state index contributed by atoms with van der Waals surface area (Å²) in [5, 5.41) is 15.4. The van der Waals surface area contributed by atoms with Crippen molar-refractivity contribution < 1.29 is 9.90 Å². The summed E-state index contributed by atoms with van der Waals surface area (Å²) < 4.78 is 0. The number of pyridine rings is 1. The van der Waals surface area contributed by atoms with Crippen LogP contribution in [0.5, 0.6) is 0 Å². The van der Waals surface area contributed by atoms with Gasteiger partial charge >= 0.3 is 0 Å². The number of Topliss-reactive ketones (excluding diaryl/α,β-unsaturated/α-hetero) is 1. The maximum absolute atomic E-state index is 12.6. The molecule has 0 saturated carbocycles. The van der Waals surface area contributed by atoms with E-state index in [-0.39, 0.29) is 11.8 Å². The first-order valence-electron chi connectivity index (χ1n) is 7.92. The van der Waals surface area contributed by atoms with Crippen molar-refractivity contribution in [2.24, 2.45) is 0 Å². The fraction of sp³-hybridized carbons (Fsp3) is 0.412. The molecule has 0 aliphatic carbocycles. The Balaban J connectivity index is 1.57. The van der Waals surface area contributed by atoms with Gasteiger partial charge in [0, 0.05) is 24.1 Å². The molecule has 2 aliphatic rings. The predicted molar refractivity (Wildman–Crippen MR) is 86.9 cm³/mol. The number of aliphatic hydroxyl groups is 1. The zero-order valence-electron chi connectivity index (χ0n) is 13.5. The average molecular weight is 324 g/mol. The first-order valence-corrected chi connectivity index (χ1v) is 7.92. The molecule has 24 heavy (non-hydrogen) atoms. The third-order valence-corrected chi connectivity index (χ3v) is 4.70. The monoisotopic (exact) mass is 324 g/mol. The SMILES string of the molecule is Cc1cc(C)nc(N2CC3(O)C(C(=O)c4ccccn4)[N]CC23)n1. The van der Waals surface area contributed by atoms with E-state index in [0.717, 1.165) is 11.4 Å². The topological polar surface area (TPSA) is 93.3 Å². The van der Waals surface area contributed by atoms with Gasteiger partial charge in [-0.2, -0.15) is 0 Å². The summed E-state index contributed by atoms with van der Waals surface area (Å²) in [5.41, 5.74) is 0.921. The van der Waals surface area contributed by atoms with Crippen LogP contribution in [-0.2, 0) is 0 Å². The van der Waals surface area contributed by atoms with Crippen molar-refractivity contribution in [3.8, 4) is 0 Å². The van der Waals surface area contributed by atoms with Crippen LogP contribution in [0.4, 0.5) is 5.95 Å². The van der Waals surface area contributed by atoms with Crippen LogP contribution in [0.3, 0.4) is 0 Å². The highest BCUT2D eigenvalue weighted by atomic mass is 16.3. The van der Waals surface area contributed by atoms with Gasteiger partial charge in [0.25, 0.3) is 0 Å². The van der Waals surface area contributed by atoms with Crippen LogP contribution in [0, 0.1) is 13.8 Å². The van der Waals surface area contributed by atoms with Crippen molar-refractivity contribution in [3.05, 3.63) is 47.5 Å². The van der Waals surface area contributed by atoms with Crippen molar-refractivity contribution in [1.82, 2.24) is 20.3 Å². The summed E-state index contributed by atoms with van der Waals surface area (Å²) in [6, 6.07) is 6.02. The van der Waals surface area contributed by atoms with E-state index in [4.69, 9.17) is 0 Å². The van der Waals surface area contributed by atoms with Gasteiger partial charge in [0.15, 0.2) is 0 Å². The summed E-state index contributed by atoms with van der Waals surface area (Å²) in [4.78, 5) is 27.5. The van der Waals surface area contributed by atoms with Gasteiger partial charge in [0.2, 0.25) is 11.7 Å². The van der Waals surface area contributed by atoms with Gasteiger partial charge in [0.1, 0.15) is 17.3 Å². The van der Waals surface area contributed by atoms with E-state index in [9.17, 15) is 9.90 Å².